The summed E-state index contributed by atoms with van der Waals surface area (Å²) in [5, 5.41) is 8.63. The van der Waals surface area contributed by atoms with Crippen molar-refractivity contribution in [3.05, 3.63) is 188 Å². The molecule has 12 aromatic rings. The van der Waals surface area contributed by atoms with Crippen LogP contribution in [0.2, 0.25) is 0 Å². The van der Waals surface area contributed by atoms with E-state index >= 15 is 0 Å². The van der Waals surface area contributed by atoms with Gasteiger partial charge in [-0.3, -0.25) is 4.40 Å². The lowest BCUT2D eigenvalue weighted by molar-refractivity contribution is 1.18. The van der Waals surface area contributed by atoms with Crippen molar-refractivity contribution in [1.29, 1.82) is 0 Å². The van der Waals surface area contributed by atoms with Crippen LogP contribution in [0.5, 0.6) is 0 Å². The molecular formula is C51H31N3. The Balaban J connectivity index is 1.05. The summed E-state index contributed by atoms with van der Waals surface area (Å²) in [5.74, 6) is 0. The molecule has 0 atom stereocenters. The highest BCUT2D eigenvalue weighted by Crippen LogP contribution is 2.45. The summed E-state index contributed by atoms with van der Waals surface area (Å²) >= 11 is 0. The van der Waals surface area contributed by atoms with Gasteiger partial charge < -0.3 is 4.57 Å². The summed E-state index contributed by atoms with van der Waals surface area (Å²) in [6.07, 6.45) is 0. The summed E-state index contributed by atoms with van der Waals surface area (Å²) in [4.78, 5) is 5.39. The van der Waals surface area contributed by atoms with Crippen molar-refractivity contribution in [3.63, 3.8) is 0 Å². The maximum Gasteiger partial charge on any atom is 0.146 e. The van der Waals surface area contributed by atoms with Gasteiger partial charge in [-0.05, 0) is 76.3 Å². The van der Waals surface area contributed by atoms with Crippen LogP contribution in [0.3, 0.4) is 0 Å². The molecule has 0 bridgehead atoms. The van der Waals surface area contributed by atoms with Crippen LogP contribution in [0.15, 0.2) is 188 Å². The Morgan fingerprint density at radius 3 is 1.70 bits per heavy atom. The van der Waals surface area contributed by atoms with Crippen LogP contribution in [0.4, 0.5) is 0 Å². The molecule has 12 rings (SSSR count). The van der Waals surface area contributed by atoms with Gasteiger partial charge in [0, 0.05) is 49.0 Å². The maximum absolute atomic E-state index is 5.39. The smallest absolute Gasteiger partial charge is 0.146 e. The Kier molecular flexibility index (Phi) is 6.05. The van der Waals surface area contributed by atoms with Crippen molar-refractivity contribution in [3.8, 4) is 39.1 Å². The van der Waals surface area contributed by atoms with E-state index in [4.69, 9.17) is 4.98 Å². The molecule has 250 valence electrons. The van der Waals surface area contributed by atoms with Crippen LogP contribution in [0.25, 0.3) is 110 Å². The van der Waals surface area contributed by atoms with E-state index in [1.54, 1.807) is 0 Å². The molecule has 0 aliphatic heterocycles. The van der Waals surface area contributed by atoms with Gasteiger partial charge in [-0.25, -0.2) is 4.98 Å². The number of nitrogens with zero attached hydrogens (tertiary/aromatic N) is 3. The first-order valence-electron chi connectivity index (χ1n) is 18.6. The summed E-state index contributed by atoms with van der Waals surface area (Å²) in [6, 6.07) is 68.3. The molecule has 0 radical (unpaired) electrons. The molecule has 0 aliphatic rings. The van der Waals surface area contributed by atoms with Gasteiger partial charge in [-0.2, -0.15) is 0 Å². The molecule has 54 heavy (non-hydrogen) atoms. The number of aromatic nitrogens is 3. The second-order valence-electron chi connectivity index (χ2n) is 14.3. The fraction of sp³-hybridized carbons (Fsp3) is 0. The zero-order valence-electron chi connectivity index (χ0n) is 29.2. The number of benzene rings is 8. The van der Waals surface area contributed by atoms with Gasteiger partial charge in [0.25, 0.3) is 0 Å². The number of hydrogen-bond acceptors (Lipinski definition) is 1. The van der Waals surface area contributed by atoms with Crippen molar-refractivity contribution < 1.29 is 0 Å². The standard InChI is InChI=1S/C51H31N3/c1-3-12-32(13-4-1)35-27-29-47-43(31-35)39-18-11-19-41-49-48(40-17-7-9-20-44(40)52-51(49)54(47)50(39)41)34-24-22-33(23-25-34)36-26-28-46-42(30-36)38-16-8-10-21-45(38)53(46)37-14-5-2-6-15-37/h1-31H. The Bertz CT molecular complexity index is 3410. The van der Waals surface area contributed by atoms with E-state index < -0.39 is 0 Å². The van der Waals surface area contributed by atoms with E-state index in [0.29, 0.717) is 0 Å². The lowest BCUT2D eigenvalue weighted by atomic mass is 9.94. The van der Waals surface area contributed by atoms with Gasteiger partial charge in [0.15, 0.2) is 0 Å². The molecule has 0 spiro atoms. The Hall–Kier alpha value is -7.23. The fourth-order valence-electron chi connectivity index (χ4n) is 9.05. The van der Waals surface area contributed by atoms with Crippen LogP contribution < -0.4 is 0 Å². The highest BCUT2D eigenvalue weighted by molar-refractivity contribution is 6.28. The van der Waals surface area contributed by atoms with E-state index in [0.717, 1.165) is 16.6 Å². The van der Waals surface area contributed by atoms with E-state index in [-0.39, 0.29) is 0 Å². The van der Waals surface area contributed by atoms with Crippen molar-refractivity contribution in [2.24, 2.45) is 0 Å². The first-order chi connectivity index (χ1) is 26.8. The normalized spacial score (nSPS) is 12.1. The van der Waals surface area contributed by atoms with Gasteiger partial charge in [0.2, 0.25) is 0 Å². The minimum atomic E-state index is 0.999. The second-order valence-corrected chi connectivity index (χ2v) is 14.3. The topological polar surface area (TPSA) is 22.2 Å². The summed E-state index contributed by atoms with van der Waals surface area (Å²) < 4.78 is 4.77. The van der Waals surface area contributed by atoms with Gasteiger partial charge in [-0.15, -0.1) is 0 Å². The molecule has 3 heteroatoms. The van der Waals surface area contributed by atoms with Crippen LogP contribution in [0.1, 0.15) is 0 Å². The van der Waals surface area contributed by atoms with Gasteiger partial charge in [0.05, 0.1) is 27.6 Å². The van der Waals surface area contributed by atoms with E-state index in [1.807, 2.05) is 0 Å². The predicted octanol–water partition coefficient (Wildman–Crippen LogP) is 13.5. The van der Waals surface area contributed by atoms with Gasteiger partial charge in [0.1, 0.15) is 5.65 Å². The van der Waals surface area contributed by atoms with E-state index in [2.05, 4.69) is 197 Å². The van der Waals surface area contributed by atoms with E-state index in [1.165, 1.54) is 93.5 Å². The van der Waals surface area contributed by atoms with Crippen LogP contribution >= 0.6 is 0 Å². The molecule has 0 amide bonds. The number of pyridine rings is 1. The minimum absolute atomic E-state index is 0.999. The van der Waals surface area contributed by atoms with Crippen molar-refractivity contribution in [2.45, 2.75) is 0 Å². The lowest BCUT2D eigenvalue weighted by Crippen LogP contribution is -1.92. The monoisotopic (exact) mass is 685 g/mol. The summed E-state index contributed by atoms with van der Waals surface area (Å²) in [5.41, 5.74) is 15.3. The van der Waals surface area contributed by atoms with Crippen molar-refractivity contribution in [2.75, 3.05) is 0 Å². The number of para-hydroxylation sites is 4. The zero-order chi connectivity index (χ0) is 35.3. The molecule has 4 aromatic heterocycles. The molecule has 0 fully saturated rings. The highest BCUT2D eigenvalue weighted by atomic mass is 15.0. The number of hydrogen-bond donors (Lipinski definition) is 0. The molecule has 0 unspecified atom stereocenters. The van der Waals surface area contributed by atoms with Crippen LogP contribution in [0, 0.1) is 0 Å². The SMILES string of the molecule is c1ccc(-c2ccc3c(c2)c2cccc4c5c(-c6ccc(-c7ccc8c(c7)c7ccccc7n8-c7ccccc7)cc6)c6ccccc6nc5n3c24)cc1. The summed E-state index contributed by atoms with van der Waals surface area (Å²) in [6.45, 7) is 0. The zero-order valence-corrected chi connectivity index (χ0v) is 29.2. The number of rotatable bonds is 4. The highest BCUT2D eigenvalue weighted by Gasteiger charge is 2.23. The number of fused-ring (bicyclic) bond motifs is 10. The third-order valence-electron chi connectivity index (χ3n) is 11.4. The molecule has 0 saturated heterocycles. The van der Waals surface area contributed by atoms with Crippen molar-refractivity contribution in [1.82, 2.24) is 14.0 Å². The molecule has 0 aliphatic carbocycles. The molecule has 8 aromatic carbocycles. The third kappa shape index (κ3) is 4.09. The average molecular weight is 686 g/mol. The molecule has 4 heterocycles. The average Bonchev–Trinajstić information content (AvgIpc) is 3.88. The van der Waals surface area contributed by atoms with Gasteiger partial charge in [-0.1, -0.05) is 140 Å². The third-order valence-corrected chi connectivity index (χ3v) is 11.4. The maximum atomic E-state index is 5.39. The lowest BCUT2D eigenvalue weighted by Gasteiger charge is -2.12. The van der Waals surface area contributed by atoms with E-state index in [9.17, 15) is 0 Å². The fourth-order valence-corrected chi connectivity index (χ4v) is 9.05. The quantitative estimate of drug-likeness (QED) is 0.181. The second kappa shape index (κ2) is 11.1. The summed E-state index contributed by atoms with van der Waals surface area (Å²) in [7, 11) is 0. The largest absolute Gasteiger partial charge is 0.309 e. The first kappa shape index (κ1) is 29.4. The minimum Gasteiger partial charge on any atom is -0.309 e. The first-order valence-corrected chi connectivity index (χ1v) is 18.6. The molecule has 3 nitrogen and oxygen atoms in total. The van der Waals surface area contributed by atoms with Gasteiger partial charge >= 0.3 is 0 Å². The van der Waals surface area contributed by atoms with Crippen LogP contribution in [-0.4, -0.2) is 14.0 Å². The molecular weight excluding hydrogens is 655 g/mol. The Morgan fingerprint density at radius 2 is 0.907 bits per heavy atom. The van der Waals surface area contributed by atoms with Crippen molar-refractivity contribution >= 4 is 70.9 Å². The molecule has 0 N–H and O–H groups in total. The predicted molar refractivity (Wildman–Crippen MR) is 227 cm³/mol. The Labute approximate surface area is 310 Å². The van der Waals surface area contributed by atoms with Crippen LogP contribution in [-0.2, 0) is 0 Å². The Morgan fingerprint density at radius 1 is 0.352 bits per heavy atom. The molecule has 0 saturated carbocycles.